The first-order chi connectivity index (χ1) is 11.3. The number of fused-ring (bicyclic) bond motifs is 1. The summed E-state index contributed by atoms with van der Waals surface area (Å²) in [5, 5.41) is 0. The van der Waals surface area contributed by atoms with Gasteiger partial charge in [0.15, 0.2) is 0 Å². The van der Waals surface area contributed by atoms with E-state index in [0.29, 0.717) is 23.1 Å². The topological polar surface area (TPSA) is 66.5 Å². The number of amides is 1. The molecule has 8 heteroatoms. The fourth-order valence-electron chi connectivity index (χ4n) is 2.75. The minimum atomic E-state index is -3.98. The van der Waals surface area contributed by atoms with E-state index >= 15 is 0 Å². The van der Waals surface area contributed by atoms with Crippen molar-refractivity contribution in [3.05, 3.63) is 52.3 Å². The van der Waals surface area contributed by atoms with Crippen LogP contribution in [0.4, 0.5) is 15.8 Å². The van der Waals surface area contributed by atoms with Gasteiger partial charge in [-0.05, 0) is 42.3 Å². The van der Waals surface area contributed by atoms with Crippen molar-refractivity contribution in [3.63, 3.8) is 0 Å². The number of sulfonamides is 1. The lowest BCUT2D eigenvalue weighted by Crippen LogP contribution is -2.28. The Kier molecular flexibility index (Phi) is 4.35. The van der Waals surface area contributed by atoms with Gasteiger partial charge in [0.1, 0.15) is 10.7 Å². The zero-order chi connectivity index (χ0) is 17.5. The number of anilines is 2. The molecule has 24 heavy (non-hydrogen) atoms. The molecule has 0 fully saturated rings. The number of nitrogens with zero attached hydrogens (tertiary/aromatic N) is 1. The second-order valence-corrected chi connectivity index (χ2v) is 8.01. The van der Waals surface area contributed by atoms with Crippen LogP contribution in [0.1, 0.15) is 12.5 Å². The molecule has 126 valence electrons. The van der Waals surface area contributed by atoms with Crippen LogP contribution in [0, 0.1) is 5.82 Å². The van der Waals surface area contributed by atoms with E-state index in [1.165, 1.54) is 36.1 Å². The van der Waals surface area contributed by atoms with E-state index in [2.05, 4.69) is 20.7 Å². The molecular weight excluding hydrogens is 399 g/mol. The van der Waals surface area contributed by atoms with E-state index in [1.54, 1.807) is 6.07 Å². The van der Waals surface area contributed by atoms with E-state index in [9.17, 15) is 17.6 Å². The van der Waals surface area contributed by atoms with Gasteiger partial charge in [-0.25, -0.2) is 12.8 Å². The van der Waals surface area contributed by atoms with Crippen molar-refractivity contribution < 1.29 is 17.6 Å². The van der Waals surface area contributed by atoms with Gasteiger partial charge in [-0.3, -0.25) is 9.52 Å². The lowest BCUT2D eigenvalue weighted by molar-refractivity contribution is -0.116. The van der Waals surface area contributed by atoms with Crippen molar-refractivity contribution in [1.82, 2.24) is 0 Å². The third-order valence-electron chi connectivity index (χ3n) is 3.74. The van der Waals surface area contributed by atoms with E-state index in [4.69, 9.17) is 0 Å². The Bertz CT molecular complexity index is 931. The summed E-state index contributed by atoms with van der Waals surface area (Å²) in [7, 11) is -3.98. The van der Waals surface area contributed by atoms with Gasteiger partial charge in [-0.2, -0.15) is 0 Å². The van der Waals surface area contributed by atoms with Crippen molar-refractivity contribution in [2.24, 2.45) is 0 Å². The number of carbonyl (C=O) groups excluding carboxylic acids is 1. The van der Waals surface area contributed by atoms with Gasteiger partial charge in [-0.15, -0.1) is 0 Å². The highest BCUT2D eigenvalue weighted by Crippen LogP contribution is 2.38. The molecule has 1 N–H and O–H groups in total. The van der Waals surface area contributed by atoms with E-state index < -0.39 is 15.8 Å². The van der Waals surface area contributed by atoms with E-state index in [-0.39, 0.29) is 16.5 Å². The minimum absolute atomic E-state index is 0.0103. The highest BCUT2D eigenvalue weighted by molar-refractivity contribution is 9.10. The Balaban J connectivity index is 2.10. The number of benzene rings is 2. The van der Waals surface area contributed by atoms with Gasteiger partial charge in [0.25, 0.3) is 10.0 Å². The summed E-state index contributed by atoms with van der Waals surface area (Å²) in [5.41, 5.74) is 1.28. The van der Waals surface area contributed by atoms with Crippen LogP contribution in [-0.4, -0.2) is 20.9 Å². The average Bonchev–Trinajstić information content (AvgIpc) is 2.89. The van der Waals surface area contributed by atoms with Gasteiger partial charge < -0.3 is 4.90 Å². The largest absolute Gasteiger partial charge is 0.311 e. The maximum Gasteiger partial charge on any atom is 0.264 e. The van der Waals surface area contributed by atoms with Gasteiger partial charge in [0.2, 0.25) is 5.91 Å². The van der Waals surface area contributed by atoms with Crippen molar-refractivity contribution in [2.45, 2.75) is 18.2 Å². The van der Waals surface area contributed by atoms with Crippen LogP contribution < -0.4 is 9.62 Å². The normalized spacial score (nSPS) is 13.7. The van der Waals surface area contributed by atoms with Crippen LogP contribution in [0.2, 0.25) is 0 Å². The molecule has 0 radical (unpaired) electrons. The first kappa shape index (κ1) is 16.9. The fraction of sp³-hybridized carbons (Fsp3) is 0.188. The molecule has 1 aliphatic rings. The fourth-order valence-corrected chi connectivity index (χ4v) is 4.73. The number of halogens is 2. The van der Waals surface area contributed by atoms with E-state index in [1.807, 2.05) is 0 Å². The molecule has 0 saturated carbocycles. The molecular formula is C16H14BrFN2O3S. The summed E-state index contributed by atoms with van der Waals surface area (Å²) in [6.07, 6.45) is 0.580. The third-order valence-corrected chi connectivity index (χ3v) is 5.59. The van der Waals surface area contributed by atoms with Crippen LogP contribution in [0.3, 0.4) is 0 Å². The molecule has 0 aromatic heterocycles. The number of rotatable bonds is 3. The molecule has 0 bridgehead atoms. The van der Waals surface area contributed by atoms with Crippen LogP contribution >= 0.6 is 15.9 Å². The summed E-state index contributed by atoms with van der Waals surface area (Å²) in [6, 6.07) is 8.45. The molecule has 1 aliphatic heterocycles. The molecule has 0 spiro atoms. The summed E-state index contributed by atoms with van der Waals surface area (Å²) in [6.45, 7) is 1.83. The number of hydrogen-bond acceptors (Lipinski definition) is 3. The second kappa shape index (κ2) is 6.18. The minimum Gasteiger partial charge on any atom is -0.311 e. The predicted octanol–water partition coefficient (Wildman–Crippen LogP) is 3.30. The zero-order valence-electron chi connectivity index (χ0n) is 12.7. The third kappa shape index (κ3) is 3.16. The van der Waals surface area contributed by atoms with Crippen LogP contribution in [-0.2, 0) is 21.2 Å². The van der Waals surface area contributed by atoms with Crippen LogP contribution in [0.25, 0.3) is 0 Å². The molecule has 0 atom stereocenters. The summed E-state index contributed by atoms with van der Waals surface area (Å²) in [5.74, 6) is -0.765. The number of hydrogen-bond donors (Lipinski definition) is 1. The van der Waals surface area contributed by atoms with Gasteiger partial charge in [-0.1, -0.05) is 22.0 Å². The molecule has 0 unspecified atom stereocenters. The molecule has 5 nitrogen and oxygen atoms in total. The highest BCUT2D eigenvalue weighted by atomic mass is 79.9. The maximum absolute atomic E-state index is 13.3. The Hall–Kier alpha value is -1.93. The summed E-state index contributed by atoms with van der Waals surface area (Å²) >= 11 is 3.31. The van der Waals surface area contributed by atoms with Crippen molar-refractivity contribution >= 4 is 43.2 Å². The molecule has 0 aliphatic carbocycles. The molecule has 3 rings (SSSR count). The van der Waals surface area contributed by atoms with Crippen molar-refractivity contribution in [2.75, 3.05) is 16.2 Å². The van der Waals surface area contributed by atoms with Crippen molar-refractivity contribution in [1.29, 1.82) is 0 Å². The Morgan fingerprint density at radius 1 is 1.29 bits per heavy atom. The van der Waals surface area contributed by atoms with Gasteiger partial charge in [0.05, 0.1) is 11.4 Å². The first-order valence-corrected chi connectivity index (χ1v) is 9.44. The predicted molar refractivity (Wildman–Crippen MR) is 93.1 cm³/mol. The second-order valence-electron chi connectivity index (χ2n) is 5.45. The lowest BCUT2D eigenvalue weighted by Gasteiger charge is -2.19. The van der Waals surface area contributed by atoms with Crippen LogP contribution in [0.15, 0.2) is 45.8 Å². The quantitative estimate of drug-likeness (QED) is 0.840. The smallest absolute Gasteiger partial charge is 0.264 e. The SMILES string of the molecule is CC(=O)N1CCc2cc(Br)cc(S(=O)(=O)Nc3cccc(F)c3)c21. The molecule has 2 aromatic carbocycles. The Labute approximate surface area is 147 Å². The standard InChI is InChI=1S/C16H14BrFN2O3S/c1-10(21)20-6-5-11-7-12(17)8-15(16(11)20)24(22,23)19-14-4-2-3-13(18)9-14/h2-4,7-9,19H,5-6H2,1H3. The Morgan fingerprint density at radius 3 is 2.71 bits per heavy atom. The Morgan fingerprint density at radius 2 is 2.04 bits per heavy atom. The van der Waals surface area contributed by atoms with E-state index in [0.717, 1.165) is 11.6 Å². The van der Waals surface area contributed by atoms with Gasteiger partial charge >= 0.3 is 0 Å². The molecule has 2 aromatic rings. The monoisotopic (exact) mass is 412 g/mol. The molecule has 1 heterocycles. The number of carbonyl (C=O) groups is 1. The lowest BCUT2D eigenvalue weighted by atomic mass is 10.2. The van der Waals surface area contributed by atoms with Gasteiger partial charge in [0, 0.05) is 17.9 Å². The average molecular weight is 413 g/mol. The first-order valence-electron chi connectivity index (χ1n) is 7.17. The summed E-state index contributed by atoms with van der Waals surface area (Å²) in [4.78, 5) is 13.3. The molecule has 0 saturated heterocycles. The maximum atomic E-state index is 13.3. The zero-order valence-corrected chi connectivity index (χ0v) is 15.1. The molecule has 1 amide bonds. The highest BCUT2D eigenvalue weighted by Gasteiger charge is 2.31. The van der Waals surface area contributed by atoms with Crippen molar-refractivity contribution in [3.8, 4) is 0 Å². The number of nitrogens with one attached hydrogen (secondary N) is 1. The summed E-state index contributed by atoms with van der Waals surface area (Å²) < 4.78 is 41.9. The van der Waals surface area contributed by atoms with Crippen LogP contribution in [0.5, 0.6) is 0 Å².